The summed E-state index contributed by atoms with van der Waals surface area (Å²) in [6, 6.07) is 19.3. The molecule has 0 saturated heterocycles. The molecule has 1 aliphatic carbocycles. The third-order valence-corrected chi connectivity index (χ3v) is 7.56. The number of aromatic amines is 1. The van der Waals surface area contributed by atoms with Crippen LogP contribution < -0.4 is 5.56 Å². The SMILES string of the molecule is O=C(C(O)c1cccc(-c2cccc(F)c2)c1)N1CCc2nc(C3(c4cccc(F)c4)CC3)[nH]c(=O)c2C1. The summed E-state index contributed by atoms with van der Waals surface area (Å²) in [4.78, 5) is 35.4. The van der Waals surface area contributed by atoms with Gasteiger partial charge in [0.1, 0.15) is 17.5 Å². The van der Waals surface area contributed by atoms with Crippen LogP contribution >= 0.6 is 0 Å². The van der Waals surface area contributed by atoms with Crippen molar-refractivity contribution < 1.29 is 18.7 Å². The Bertz CT molecular complexity index is 1610. The number of fused-ring (bicyclic) bond motifs is 1. The number of amides is 1. The summed E-state index contributed by atoms with van der Waals surface area (Å²) in [7, 11) is 0. The van der Waals surface area contributed by atoms with E-state index in [1.807, 2.05) is 6.07 Å². The lowest BCUT2D eigenvalue weighted by atomic mass is 9.94. The molecule has 1 saturated carbocycles. The molecule has 3 aromatic carbocycles. The van der Waals surface area contributed by atoms with Crippen molar-refractivity contribution in [3.63, 3.8) is 0 Å². The van der Waals surface area contributed by atoms with Gasteiger partial charge in [0.2, 0.25) is 0 Å². The highest BCUT2D eigenvalue weighted by molar-refractivity contribution is 5.83. The average molecular weight is 514 g/mol. The second-order valence-electron chi connectivity index (χ2n) is 9.98. The van der Waals surface area contributed by atoms with Gasteiger partial charge in [0.25, 0.3) is 11.5 Å². The number of carbonyl (C=O) groups is 1. The van der Waals surface area contributed by atoms with E-state index in [1.165, 1.54) is 29.2 Å². The molecule has 192 valence electrons. The van der Waals surface area contributed by atoms with Gasteiger partial charge in [-0.2, -0.15) is 0 Å². The van der Waals surface area contributed by atoms with E-state index in [2.05, 4.69) is 4.98 Å². The Morgan fingerprint density at radius 3 is 2.37 bits per heavy atom. The molecule has 0 bridgehead atoms. The number of hydrogen-bond acceptors (Lipinski definition) is 4. The quantitative estimate of drug-likeness (QED) is 0.414. The Labute approximate surface area is 217 Å². The number of aliphatic hydroxyl groups excluding tert-OH is 1. The number of rotatable bonds is 5. The zero-order chi connectivity index (χ0) is 26.4. The first-order chi connectivity index (χ1) is 18.3. The first-order valence-electron chi connectivity index (χ1n) is 12.6. The molecule has 8 heteroatoms. The molecular weight excluding hydrogens is 488 g/mol. The normalized spacial score (nSPS) is 16.6. The molecule has 2 N–H and O–H groups in total. The summed E-state index contributed by atoms with van der Waals surface area (Å²) in [6.07, 6.45) is 0.472. The Morgan fingerprint density at radius 1 is 0.974 bits per heavy atom. The summed E-state index contributed by atoms with van der Waals surface area (Å²) in [5, 5.41) is 10.9. The average Bonchev–Trinajstić information content (AvgIpc) is 3.74. The number of halogens is 2. The van der Waals surface area contributed by atoms with Gasteiger partial charge in [0.05, 0.1) is 23.2 Å². The fourth-order valence-electron chi connectivity index (χ4n) is 5.29. The maximum Gasteiger partial charge on any atom is 0.256 e. The summed E-state index contributed by atoms with van der Waals surface area (Å²) in [5.41, 5.74) is 2.69. The lowest BCUT2D eigenvalue weighted by Crippen LogP contribution is -2.42. The molecule has 1 atom stereocenters. The number of nitrogens with one attached hydrogen (secondary N) is 1. The van der Waals surface area contributed by atoms with Gasteiger partial charge in [0, 0.05) is 13.0 Å². The number of aliphatic hydroxyl groups is 1. The zero-order valence-electron chi connectivity index (χ0n) is 20.5. The van der Waals surface area contributed by atoms with Crippen LogP contribution in [0.1, 0.15) is 47.2 Å². The standard InChI is InChI=1S/C30H25F2N3O3/c31-22-8-2-5-19(15-22)18-4-1-6-20(14-18)26(36)28(38)35-13-10-25-24(17-35)27(37)34-29(33-25)30(11-12-30)21-7-3-9-23(32)16-21/h1-9,14-16,26,36H,10-13,17H2,(H,33,34,37). The monoisotopic (exact) mass is 513 g/mol. The van der Waals surface area contributed by atoms with Crippen LogP contribution in [0, 0.1) is 11.6 Å². The largest absolute Gasteiger partial charge is 0.378 e. The van der Waals surface area contributed by atoms with Crippen molar-refractivity contribution in [3.05, 3.63) is 123 Å². The van der Waals surface area contributed by atoms with Crippen molar-refractivity contribution in [3.8, 4) is 11.1 Å². The van der Waals surface area contributed by atoms with E-state index in [0.717, 1.165) is 18.4 Å². The van der Waals surface area contributed by atoms with Crippen molar-refractivity contribution in [1.29, 1.82) is 0 Å². The van der Waals surface area contributed by atoms with Gasteiger partial charge in [-0.1, -0.05) is 42.5 Å². The predicted molar refractivity (Wildman–Crippen MR) is 137 cm³/mol. The van der Waals surface area contributed by atoms with E-state index >= 15 is 0 Å². The molecule has 1 unspecified atom stereocenters. The Kier molecular flexibility index (Phi) is 5.91. The van der Waals surface area contributed by atoms with Crippen LogP contribution in [0.3, 0.4) is 0 Å². The Balaban J connectivity index is 1.23. The molecular formula is C30H25F2N3O3. The Morgan fingerprint density at radius 2 is 1.66 bits per heavy atom. The molecule has 6 rings (SSSR count). The Hall–Kier alpha value is -4.17. The number of hydrogen-bond donors (Lipinski definition) is 2. The topological polar surface area (TPSA) is 86.3 Å². The number of H-pyrrole nitrogens is 1. The van der Waals surface area contributed by atoms with Crippen LogP contribution in [0.5, 0.6) is 0 Å². The van der Waals surface area contributed by atoms with Gasteiger partial charge >= 0.3 is 0 Å². The van der Waals surface area contributed by atoms with Crippen molar-refractivity contribution in [2.24, 2.45) is 0 Å². The molecule has 38 heavy (non-hydrogen) atoms. The van der Waals surface area contributed by atoms with Crippen LogP contribution in [-0.2, 0) is 23.2 Å². The summed E-state index contributed by atoms with van der Waals surface area (Å²) < 4.78 is 27.5. The molecule has 0 radical (unpaired) electrons. The van der Waals surface area contributed by atoms with Gasteiger partial charge in [-0.3, -0.25) is 9.59 Å². The second-order valence-corrected chi connectivity index (χ2v) is 9.98. The third kappa shape index (κ3) is 4.31. The lowest BCUT2D eigenvalue weighted by molar-refractivity contribution is -0.141. The number of carbonyl (C=O) groups excluding carboxylic acids is 1. The van der Waals surface area contributed by atoms with Crippen molar-refractivity contribution in [2.75, 3.05) is 6.54 Å². The van der Waals surface area contributed by atoms with Crippen molar-refractivity contribution in [2.45, 2.75) is 37.3 Å². The van der Waals surface area contributed by atoms with Crippen LogP contribution in [0.4, 0.5) is 8.78 Å². The van der Waals surface area contributed by atoms with Crippen LogP contribution in [0.25, 0.3) is 11.1 Å². The molecule has 6 nitrogen and oxygen atoms in total. The maximum atomic E-state index is 13.9. The fourth-order valence-corrected chi connectivity index (χ4v) is 5.29. The summed E-state index contributed by atoms with van der Waals surface area (Å²) in [6.45, 7) is 0.333. The van der Waals surface area contributed by atoms with E-state index in [4.69, 9.17) is 4.98 Å². The molecule has 1 amide bonds. The van der Waals surface area contributed by atoms with Gasteiger partial charge in [-0.05, 0) is 65.4 Å². The molecule has 0 spiro atoms. The highest BCUT2D eigenvalue weighted by Crippen LogP contribution is 2.52. The van der Waals surface area contributed by atoms with E-state index < -0.39 is 17.4 Å². The first-order valence-corrected chi connectivity index (χ1v) is 12.6. The van der Waals surface area contributed by atoms with Gasteiger partial charge in [-0.25, -0.2) is 13.8 Å². The molecule has 4 aromatic rings. The summed E-state index contributed by atoms with van der Waals surface area (Å²) >= 11 is 0. The van der Waals surface area contributed by atoms with E-state index in [-0.39, 0.29) is 23.7 Å². The van der Waals surface area contributed by atoms with E-state index in [1.54, 1.807) is 42.5 Å². The molecule has 1 aliphatic heterocycles. The molecule has 1 aromatic heterocycles. The van der Waals surface area contributed by atoms with E-state index in [0.29, 0.717) is 46.7 Å². The lowest BCUT2D eigenvalue weighted by Gasteiger charge is -2.30. The number of aromatic nitrogens is 2. The molecule has 1 fully saturated rings. The minimum Gasteiger partial charge on any atom is -0.378 e. The minimum atomic E-state index is -1.43. The van der Waals surface area contributed by atoms with Crippen LogP contribution in [0.15, 0.2) is 77.6 Å². The second kappa shape index (κ2) is 9.29. The van der Waals surface area contributed by atoms with Gasteiger partial charge in [-0.15, -0.1) is 0 Å². The highest BCUT2D eigenvalue weighted by atomic mass is 19.1. The highest BCUT2D eigenvalue weighted by Gasteiger charge is 2.49. The zero-order valence-corrected chi connectivity index (χ0v) is 20.5. The molecule has 2 heterocycles. The van der Waals surface area contributed by atoms with Gasteiger partial charge < -0.3 is 15.0 Å². The van der Waals surface area contributed by atoms with Gasteiger partial charge in [0.15, 0.2) is 6.10 Å². The first kappa shape index (κ1) is 24.2. The maximum absolute atomic E-state index is 13.9. The van der Waals surface area contributed by atoms with Crippen molar-refractivity contribution >= 4 is 5.91 Å². The smallest absolute Gasteiger partial charge is 0.256 e. The fraction of sp³-hybridized carbons (Fsp3) is 0.233. The van der Waals surface area contributed by atoms with Crippen molar-refractivity contribution in [1.82, 2.24) is 14.9 Å². The van der Waals surface area contributed by atoms with E-state index in [9.17, 15) is 23.5 Å². The summed E-state index contributed by atoms with van der Waals surface area (Å²) in [5.74, 6) is -0.694. The minimum absolute atomic E-state index is 0.0321. The van der Waals surface area contributed by atoms with Crippen LogP contribution in [-0.4, -0.2) is 32.4 Å². The number of nitrogens with zero attached hydrogens (tertiary/aromatic N) is 2. The predicted octanol–water partition coefficient (Wildman–Crippen LogP) is 4.41. The number of benzene rings is 3. The third-order valence-electron chi connectivity index (χ3n) is 7.56. The molecule has 2 aliphatic rings. The van der Waals surface area contributed by atoms with Crippen LogP contribution in [0.2, 0.25) is 0 Å².